The van der Waals surface area contributed by atoms with E-state index in [0.29, 0.717) is 10.7 Å². The molecule has 0 aliphatic rings. The highest BCUT2D eigenvalue weighted by atomic mass is 35.5. The number of nitro benzene ring substituents is 1. The largest absolute Gasteiger partial charge is 0.487 e. The third-order valence-electron chi connectivity index (χ3n) is 3.58. The van der Waals surface area contributed by atoms with Gasteiger partial charge in [0, 0.05) is 18.7 Å². The molecular formula is C18H18ClN3O5. The number of nitro groups is 1. The highest BCUT2D eigenvalue weighted by Crippen LogP contribution is 2.28. The Balaban J connectivity index is 2.10. The lowest BCUT2D eigenvalue weighted by Gasteiger charge is -2.17. The Hall–Kier alpha value is -3.13. The fourth-order valence-corrected chi connectivity index (χ4v) is 2.51. The lowest BCUT2D eigenvalue weighted by atomic mass is 10.1. The van der Waals surface area contributed by atoms with E-state index >= 15 is 0 Å². The first kappa shape index (κ1) is 20.2. The lowest BCUT2D eigenvalue weighted by Crippen LogP contribution is -2.35. The van der Waals surface area contributed by atoms with Crippen molar-refractivity contribution in [3.05, 3.63) is 63.2 Å². The van der Waals surface area contributed by atoms with Gasteiger partial charge in [-0.2, -0.15) is 0 Å². The van der Waals surface area contributed by atoms with Crippen LogP contribution in [0.4, 0.5) is 11.4 Å². The zero-order valence-electron chi connectivity index (χ0n) is 14.8. The Bertz CT molecular complexity index is 872. The Kier molecular flexibility index (Phi) is 6.73. The van der Waals surface area contributed by atoms with Crippen LogP contribution >= 0.6 is 11.6 Å². The normalized spacial score (nSPS) is 10.2. The summed E-state index contributed by atoms with van der Waals surface area (Å²) in [5, 5.41) is 14.2. The number of ether oxygens (including phenoxy) is 1. The second-order valence-corrected chi connectivity index (χ2v) is 5.97. The third-order valence-corrected chi connectivity index (χ3v) is 3.91. The van der Waals surface area contributed by atoms with E-state index in [2.05, 4.69) is 5.32 Å². The summed E-state index contributed by atoms with van der Waals surface area (Å²) in [5.74, 6) is -0.895. The monoisotopic (exact) mass is 391 g/mol. The van der Waals surface area contributed by atoms with Gasteiger partial charge in [0.1, 0.15) is 0 Å². The van der Waals surface area contributed by atoms with E-state index in [9.17, 15) is 19.7 Å². The van der Waals surface area contributed by atoms with Gasteiger partial charge in [-0.15, -0.1) is 0 Å². The quantitative estimate of drug-likeness (QED) is 0.576. The molecule has 0 saturated heterocycles. The Morgan fingerprint density at radius 3 is 2.59 bits per heavy atom. The molecule has 0 aromatic heterocycles. The van der Waals surface area contributed by atoms with Crippen LogP contribution in [0.5, 0.6) is 5.75 Å². The maximum atomic E-state index is 12.5. The minimum Gasteiger partial charge on any atom is -0.487 e. The van der Waals surface area contributed by atoms with Crippen molar-refractivity contribution >= 4 is 34.8 Å². The minimum atomic E-state index is -0.619. The van der Waals surface area contributed by atoms with Crippen molar-refractivity contribution in [3.63, 3.8) is 0 Å². The number of benzene rings is 2. The Morgan fingerprint density at radius 2 is 1.96 bits per heavy atom. The Morgan fingerprint density at radius 1 is 1.26 bits per heavy atom. The van der Waals surface area contributed by atoms with Crippen molar-refractivity contribution in [1.29, 1.82) is 0 Å². The smallest absolute Gasteiger partial charge is 0.311 e. The number of para-hydroxylation sites is 1. The van der Waals surface area contributed by atoms with Gasteiger partial charge >= 0.3 is 5.69 Å². The molecule has 0 radical (unpaired) electrons. The number of nitrogens with zero attached hydrogens (tertiary/aromatic N) is 2. The summed E-state index contributed by atoms with van der Waals surface area (Å²) in [6.45, 7) is 1.72. The number of nitrogens with one attached hydrogen (secondary N) is 1. The molecule has 0 aliphatic heterocycles. The van der Waals surface area contributed by atoms with Crippen LogP contribution in [0.3, 0.4) is 0 Å². The van der Waals surface area contributed by atoms with E-state index in [-0.39, 0.29) is 30.2 Å². The molecule has 8 nitrogen and oxygen atoms in total. The first-order chi connectivity index (χ1) is 12.8. The lowest BCUT2D eigenvalue weighted by molar-refractivity contribution is -0.385. The summed E-state index contributed by atoms with van der Waals surface area (Å²) in [5.41, 5.74) is 0.205. The number of carbonyl (C=O) groups is 2. The number of anilines is 1. The van der Waals surface area contributed by atoms with Crippen LogP contribution in [-0.2, 0) is 4.79 Å². The number of halogens is 1. The van der Waals surface area contributed by atoms with E-state index < -0.39 is 16.7 Å². The summed E-state index contributed by atoms with van der Waals surface area (Å²) in [7, 11) is 1.43. The molecule has 0 fully saturated rings. The van der Waals surface area contributed by atoms with E-state index in [1.165, 1.54) is 19.2 Å². The molecule has 9 heteroatoms. The van der Waals surface area contributed by atoms with Crippen LogP contribution < -0.4 is 10.1 Å². The van der Waals surface area contributed by atoms with E-state index in [1.54, 1.807) is 31.2 Å². The highest BCUT2D eigenvalue weighted by Gasteiger charge is 2.21. The molecule has 2 rings (SSSR count). The molecule has 0 heterocycles. The summed E-state index contributed by atoms with van der Waals surface area (Å²) in [6, 6.07) is 10.6. The van der Waals surface area contributed by atoms with Gasteiger partial charge in [0.05, 0.1) is 28.8 Å². The molecule has 1 N–H and O–H groups in total. The van der Waals surface area contributed by atoms with Gasteiger partial charge in [0.15, 0.2) is 5.75 Å². The van der Waals surface area contributed by atoms with Crippen molar-refractivity contribution in [2.75, 3.05) is 25.5 Å². The van der Waals surface area contributed by atoms with Gasteiger partial charge in [0.2, 0.25) is 5.91 Å². The van der Waals surface area contributed by atoms with Crippen LogP contribution in [0, 0.1) is 10.1 Å². The van der Waals surface area contributed by atoms with Gasteiger partial charge in [-0.1, -0.05) is 23.7 Å². The van der Waals surface area contributed by atoms with Gasteiger partial charge in [0.25, 0.3) is 5.91 Å². The summed E-state index contributed by atoms with van der Waals surface area (Å²) < 4.78 is 5.19. The predicted octanol–water partition coefficient (Wildman–Crippen LogP) is 3.36. The molecule has 0 atom stereocenters. The van der Waals surface area contributed by atoms with Crippen molar-refractivity contribution in [2.45, 2.75) is 6.92 Å². The fraction of sp³-hybridized carbons (Fsp3) is 0.222. The summed E-state index contributed by atoms with van der Waals surface area (Å²) in [4.78, 5) is 36.4. The maximum absolute atomic E-state index is 12.5. The molecule has 2 aromatic carbocycles. The van der Waals surface area contributed by atoms with Crippen LogP contribution in [0.1, 0.15) is 17.3 Å². The topological polar surface area (TPSA) is 102 Å². The second kappa shape index (κ2) is 9.00. The number of rotatable bonds is 7. The number of hydrogen-bond acceptors (Lipinski definition) is 5. The van der Waals surface area contributed by atoms with Gasteiger partial charge in [-0.25, -0.2) is 0 Å². The molecule has 0 saturated carbocycles. The van der Waals surface area contributed by atoms with Crippen LogP contribution in [0.25, 0.3) is 0 Å². The zero-order valence-corrected chi connectivity index (χ0v) is 15.5. The second-order valence-electron chi connectivity index (χ2n) is 5.56. The Labute approximate surface area is 160 Å². The van der Waals surface area contributed by atoms with Crippen molar-refractivity contribution in [3.8, 4) is 5.75 Å². The van der Waals surface area contributed by atoms with Crippen molar-refractivity contribution in [1.82, 2.24) is 4.90 Å². The molecule has 0 unspecified atom stereocenters. The minimum absolute atomic E-state index is 0.0816. The van der Waals surface area contributed by atoms with Gasteiger partial charge < -0.3 is 15.0 Å². The molecule has 2 amide bonds. The zero-order chi connectivity index (χ0) is 20.0. The number of hydrogen-bond donors (Lipinski definition) is 1. The van der Waals surface area contributed by atoms with Crippen LogP contribution in [0.2, 0.25) is 5.02 Å². The number of amides is 2. The molecule has 0 spiro atoms. The third kappa shape index (κ3) is 5.18. The standard InChI is InChI=1S/C18H18ClN3O5/c1-3-27-16-9-8-12(10-15(16)22(25)26)18(24)21(2)11-17(23)20-14-7-5-4-6-13(14)19/h4-10H,3,11H2,1-2H3,(H,20,23). The predicted molar refractivity (Wildman–Crippen MR) is 101 cm³/mol. The first-order valence-corrected chi connectivity index (χ1v) is 8.42. The summed E-state index contributed by atoms with van der Waals surface area (Å²) >= 11 is 5.98. The average molecular weight is 392 g/mol. The number of carbonyl (C=O) groups excluding carboxylic acids is 2. The van der Waals surface area contributed by atoms with E-state index in [4.69, 9.17) is 16.3 Å². The average Bonchev–Trinajstić information content (AvgIpc) is 2.63. The highest BCUT2D eigenvalue weighted by molar-refractivity contribution is 6.33. The van der Waals surface area contributed by atoms with Gasteiger partial charge in [-0.05, 0) is 31.2 Å². The van der Waals surface area contributed by atoms with Crippen LogP contribution in [0.15, 0.2) is 42.5 Å². The van der Waals surface area contributed by atoms with Gasteiger partial charge in [-0.3, -0.25) is 19.7 Å². The first-order valence-electron chi connectivity index (χ1n) is 8.04. The maximum Gasteiger partial charge on any atom is 0.311 e. The molecule has 27 heavy (non-hydrogen) atoms. The van der Waals surface area contributed by atoms with E-state index in [0.717, 1.165) is 11.0 Å². The SMILES string of the molecule is CCOc1ccc(C(=O)N(C)CC(=O)Nc2ccccc2Cl)cc1[N+](=O)[O-]. The summed E-state index contributed by atoms with van der Waals surface area (Å²) in [6.07, 6.45) is 0. The fourth-order valence-electron chi connectivity index (χ4n) is 2.33. The molecule has 2 aromatic rings. The van der Waals surface area contributed by atoms with Crippen molar-refractivity contribution < 1.29 is 19.2 Å². The van der Waals surface area contributed by atoms with E-state index in [1.807, 2.05) is 0 Å². The molecular weight excluding hydrogens is 374 g/mol. The van der Waals surface area contributed by atoms with Crippen LogP contribution in [-0.4, -0.2) is 41.8 Å². The molecule has 0 bridgehead atoms. The number of likely N-dealkylation sites (N-methyl/N-ethyl adjacent to an activating group) is 1. The molecule has 0 aliphatic carbocycles. The van der Waals surface area contributed by atoms with Crippen molar-refractivity contribution in [2.24, 2.45) is 0 Å². The molecule has 142 valence electrons.